The van der Waals surface area contributed by atoms with Crippen molar-refractivity contribution in [1.82, 2.24) is 25.4 Å². The molecule has 2 aromatic rings. The third-order valence-corrected chi connectivity index (χ3v) is 4.03. The fraction of sp³-hybridized carbons (Fsp3) is 0.353. The van der Waals surface area contributed by atoms with Gasteiger partial charge in [-0.1, -0.05) is 35.5 Å². The average Bonchev–Trinajstić information content (AvgIpc) is 3.03. The first-order chi connectivity index (χ1) is 11.7. The lowest BCUT2D eigenvalue weighted by atomic mass is 10.2. The summed E-state index contributed by atoms with van der Waals surface area (Å²) in [6.07, 6.45) is 5.02. The molecule has 0 aliphatic carbocycles. The van der Waals surface area contributed by atoms with Crippen LogP contribution in [0.3, 0.4) is 0 Å². The normalized spacial score (nSPS) is 16.5. The third kappa shape index (κ3) is 4.74. The number of piperazine rings is 1. The number of carbonyl (C=O) groups is 1. The Labute approximate surface area is 141 Å². The van der Waals surface area contributed by atoms with Gasteiger partial charge in [0.2, 0.25) is 0 Å². The number of nitrogens with one attached hydrogen (secondary N) is 2. The molecule has 2 heterocycles. The second-order valence-electron chi connectivity index (χ2n) is 6.08. The molecule has 1 aliphatic rings. The molecule has 0 atom stereocenters. The lowest BCUT2D eigenvalue weighted by Crippen LogP contribution is -3.12. The van der Waals surface area contributed by atoms with Crippen LogP contribution in [0, 0.1) is 0 Å². The molecule has 0 unspecified atom stereocenters. The van der Waals surface area contributed by atoms with Crippen molar-refractivity contribution in [3.05, 3.63) is 53.9 Å². The number of rotatable bonds is 5. The number of carbonyl (C=O) groups excluding carboxylic acids is 1. The highest BCUT2D eigenvalue weighted by atomic mass is 16.2. The van der Waals surface area contributed by atoms with E-state index >= 15 is 0 Å². The minimum Gasteiger partial charge on any atom is -0.335 e. The second-order valence-corrected chi connectivity index (χ2v) is 6.08. The van der Waals surface area contributed by atoms with Gasteiger partial charge in [-0.15, -0.1) is 5.10 Å². The molecule has 7 nitrogen and oxygen atoms in total. The molecule has 1 amide bonds. The van der Waals surface area contributed by atoms with Crippen molar-refractivity contribution >= 4 is 12.0 Å². The van der Waals surface area contributed by atoms with E-state index in [0.717, 1.165) is 31.7 Å². The first kappa shape index (κ1) is 16.4. The lowest BCUT2D eigenvalue weighted by molar-refractivity contribution is -0.884. The van der Waals surface area contributed by atoms with Crippen LogP contribution in [-0.4, -0.2) is 59.1 Å². The number of nitrogens with zero attached hydrogens (tertiary/aromatic N) is 4. The Bertz CT molecular complexity index is 688. The molecule has 1 aliphatic heterocycles. The zero-order valence-electron chi connectivity index (χ0n) is 13.9. The molecular weight excluding hydrogens is 304 g/mol. The Morgan fingerprint density at radius 2 is 2.04 bits per heavy atom. The molecule has 1 saturated heterocycles. The zero-order chi connectivity index (χ0) is 16.8. The monoisotopic (exact) mass is 327 g/mol. The highest BCUT2D eigenvalue weighted by molar-refractivity contribution is 5.91. The molecule has 1 aromatic carbocycles. The summed E-state index contributed by atoms with van der Waals surface area (Å²) in [6, 6.07) is 10.1. The van der Waals surface area contributed by atoms with Crippen LogP contribution >= 0.6 is 0 Å². The van der Waals surface area contributed by atoms with Crippen LogP contribution in [-0.2, 0) is 11.3 Å². The fourth-order valence-corrected chi connectivity index (χ4v) is 2.59. The zero-order valence-corrected chi connectivity index (χ0v) is 13.9. The number of hydrogen-bond donors (Lipinski definition) is 2. The summed E-state index contributed by atoms with van der Waals surface area (Å²) in [6.45, 7) is 4.49. The topological polar surface area (TPSA) is 67.5 Å². The van der Waals surface area contributed by atoms with Gasteiger partial charge in [0.1, 0.15) is 5.69 Å². The summed E-state index contributed by atoms with van der Waals surface area (Å²) in [5, 5.41) is 10.1. The number of benzene rings is 1. The summed E-state index contributed by atoms with van der Waals surface area (Å²) in [4.78, 5) is 13.5. The van der Waals surface area contributed by atoms with Crippen molar-refractivity contribution in [3.63, 3.8) is 0 Å². The third-order valence-electron chi connectivity index (χ3n) is 4.03. The van der Waals surface area contributed by atoms with E-state index < -0.39 is 0 Å². The molecule has 0 bridgehead atoms. The van der Waals surface area contributed by atoms with Gasteiger partial charge in [0.15, 0.2) is 0 Å². The maximum Gasteiger partial charge on any atom is 0.258 e. The molecule has 126 valence electrons. The minimum absolute atomic E-state index is 0.132. The van der Waals surface area contributed by atoms with E-state index in [1.54, 1.807) is 10.8 Å². The average molecular weight is 327 g/mol. The summed E-state index contributed by atoms with van der Waals surface area (Å²) < 4.78 is 1.76. The molecule has 3 rings (SSSR count). The summed E-state index contributed by atoms with van der Waals surface area (Å²) in [5.41, 5.74) is 4.73. The smallest absolute Gasteiger partial charge is 0.258 e. The van der Waals surface area contributed by atoms with E-state index in [1.807, 2.05) is 41.5 Å². The van der Waals surface area contributed by atoms with Gasteiger partial charge >= 0.3 is 0 Å². The van der Waals surface area contributed by atoms with Crippen molar-refractivity contribution in [3.8, 4) is 0 Å². The molecular formula is C17H23N6O+. The van der Waals surface area contributed by atoms with E-state index in [4.69, 9.17) is 0 Å². The maximum atomic E-state index is 12.0. The van der Waals surface area contributed by atoms with Crippen molar-refractivity contribution in [1.29, 1.82) is 0 Å². The number of hydrazine groups is 1. The van der Waals surface area contributed by atoms with Gasteiger partial charge in [0.05, 0.1) is 46.0 Å². The Morgan fingerprint density at radius 1 is 1.29 bits per heavy atom. The van der Waals surface area contributed by atoms with Crippen molar-refractivity contribution in [2.75, 3.05) is 33.2 Å². The first-order valence-corrected chi connectivity index (χ1v) is 8.18. The van der Waals surface area contributed by atoms with Crippen molar-refractivity contribution in [2.24, 2.45) is 0 Å². The Balaban J connectivity index is 1.50. The molecule has 0 radical (unpaired) electrons. The van der Waals surface area contributed by atoms with E-state index in [2.05, 4.69) is 22.8 Å². The van der Waals surface area contributed by atoms with E-state index in [9.17, 15) is 4.79 Å². The van der Waals surface area contributed by atoms with Gasteiger partial charge in [-0.2, -0.15) is 0 Å². The number of hydrogen-bond acceptors (Lipinski definition) is 4. The van der Waals surface area contributed by atoms with Crippen LogP contribution in [0.25, 0.3) is 6.08 Å². The largest absolute Gasteiger partial charge is 0.335 e. The number of aromatic nitrogens is 3. The molecule has 0 saturated carbocycles. The van der Waals surface area contributed by atoms with Gasteiger partial charge in [-0.05, 0) is 11.6 Å². The molecule has 7 heteroatoms. The van der Waals surface area contributed by atoms with Crippen LogP contribution in [0.5, 0.6) is 0 Å². The van der Waals surface area contributed by atoms with Gasteiger partial charge < -0.3 is 4.90 Å². The van der Waals surface area contributed by atoms with Gasteiger partial charge in [0, 0.05) is 6.08 Å². The number of amides is 1. The molecule has 1 fully saturated rings. The molecule has 1 aromatic heterocycles. The van der Waals surface area contributed by atoms with Crippen LogP contribution in [0.15, 0.2) is 42.6 Å². The van der Waals surface area contributed by atoms with Crippen LogP contribution < -0.4 is 10.3 Å². The van der Waals surface area contributed by atoms with Crippen molar-refractivity contribution < 1.29 is 9.69 Å². The van der Waals surface area contributed by atoms with Gasteiger partial charge in [-0.25, -0.2) is 9.69 Å². The summed E-state index contributed by atoms with van der Waals surface area (Å²) in [7, 11) is 2.16. The lowest BCUT2D eigenvalue weighted by Gasteiger charge is -2.29. The Morgan fingerprint density at radius 3 is 2.79 bits per heavy atom. The van der Waals surface area contributed by atoms with Gasteiger partial charge in [-0.3, -0.25) is 10.2 Å². The predicted molar refractivity (Wildman–Crippen MR) is 90.9 cm³/mol. The van der Waals surface area contributed by atoms with E-state index in [0.29, 0.717) is 12.2 Å². The van der Waals surface area contributed by atoms with Crippen LogP contribution in [0.1, 0.15) is 11.3 Å². The van der Waals surface area contributed by atoms with Gasteiger partial charge in [0.25, 0.3) is 5.91 Å². The van der Waals surface area contributed by atoms with E-state index in [-0.39, 0.29) is 5.91 Å². The number of likely N-dealkylation sites (N-methyl/N-ethyl adjacent to an activating group) is 1. The predicted octanol–water partition coefficient (Wildman–Crippen LogP) is -0.799. The highest BCUT2D eigenvalue weighted by Gasteiger charge is 2.17. The fourth-order valence-electron chi connectivity index (χ4n) is 2.59. The maximum absolute atomic E-state index is 12.0. The minimum atomic E-state index is -0.132. The molecule has 2 N–H and O–H groups in total. The first-order valence-electron chi connectivity index (χ1n) is 8.18. The number of quaternary nitrogens is 1. The second kappa shape index (κ2) is 7.85. The SMILES string of the molecule is C[NH+]1CCN(NC(=O)/C=C/c2cn(Cc3ccccc3)nn2)CC1. The highest BCUT2D eigenvalue weighted by Crippen LogP contribution is 2.03. The molecule has 24 heavy (non-hydrogen) atoms. The molecule has 0 spiro atoms. The van der Waals surface area contributed by atoms with E-state index in [1.165, 1.54) is 11.0 Å². The summed E-state index contributed by atoms with van der Waals surface area (Å²) >= 11 is 0. The standard InChI is InChI=1S/C17H22N6O/c1-21-9-11-22(12-10-21)19-17(24)8-7-16-14-23(20-18-16)13-15-5-3-2-4-6-15/h2-8,14H,9-13H2,1H3,(H,19,24)/p+1/b8-7+. The Hall–Kier alpha value is -2.51. The Kier molecular flexibility index (Phi) is 5.35. The van der Waals surface area contributed by atoms with Crippen LogP contribution in [0.4, 0.5) is 0 Å². The van der Waals surface area contributed by atoms with Crippen molar-refractivity contribution in [2.45, 2.75) is 6.54 Å². The van der Waals surface area contributed by atoms with Crippen LogP contribution in [0.2, 0.25) is 0 Å². The quantitative estimate of drug-likeness (QED) is 0.706. The summed E-state index contributed by atoms with van der Waals surface area (Å²) in [5.74, 6) is -0.132.